The third-order valence-corrected chi connectivity index (χ3v) is 4.20. The molecule has 20 heavy (non-hydrogen) atoms. The molecule has 0 heterocycles. The van der Waals surface area contributed by atoms with E-state index < -0.39 is 0 Å². The van der Waals surface area contributed by atoms with E-state index in [4.69, 9.17) is 11.6 Å². The first kappa shape index (κ1) is 13.2. The smallest absolute Gasteiger partial charge is 0.235 e. The van der Waals surface area contributed by atoms with Crippen LogP contribution in [-0.2, 0) is 10.2 Å². The number of carbonyl (C=O) groups excluding carboxylic acids is 1. The average molecular weight is 286 g/mol. The highest BCUT2D eigenvalue weighted by molar-refractivity contribution is 6.33. The van der Waals surface area contributed by atoms with E-state index in [-0.39, 0.29) is 11.3 Å². The van der Waals surface area contributed by atoms with Crippen molar-refractivity contribution in [1.82, 2.24) is 0 Å². The normalized spacial score (nSPS) is 15.7. The second-order valence-electron chi connectivity index (χ2n) is 5.39. The van der Waals surface area contributed by atoms with Gasteiger partial charge in [0.1, 0.15) is 0 Å². The van der Waals surface area contributed by atoms with E-state index in [2.05, 4.69) is 5.32 Å². The summed E-state index contributed by atoms with van der Waals surface area (Å²) in [5, 5.41) is 3.55. The zero-order valence-electron chi connectivity index (χ0n) is 11.3. The van der Waals surface area contributed by atoms with Gasteiger partial charge in [-0.1, -0.05) is 48.0 Å². The molecule has 0 bridgehead atoms. The highest BCUT2D eigenvalue weighted by atomic mass is 35.5. The summed E-state index contributed by atoms with van der Waals surface area (Å²) in [6.45, 7) is 1.98. The Kier molecular flexibility index (Phi) is 3.27. The maximum Gasteiger partial charge on any atom is 0.235 e. The van der Waals surface area contributed by atoms with Crippen molar-refractivity contribution in [2.45, 2.75) is 25.2 Å². The van der Waals surface area contributed by atoms with E-state index in [9.17, 15) is 4.79 Å². The van der Waals surface area contributed by atoms with Crippen molar-refractivity contribution >= 4 is 23.2 Å². The van der Waals surface area contributed by atoms with Crippen LogP contribution in [0.4, 0.5) is 5.69 Å². The minimum absolute atomic E-state index is 0.0365. The molecule has 1 N–H and O–H groups in total. The molecule has 0 spiro atoms. The van der Waals surface area contributed by atoms with Crippen molar-refractivity contribution in [2.75, 3.05) is 5.32 Å². The molecule has 0 aliphatic heterocycles. The molecule has 0 unspecified atom stereocenters. The second kappa shape index (κ2) is 4.95. The fraction of sp³-hybridized carbons (Fsp3) is 0.235. The highest BCUT2D eigenvalue weighted by Crippen LogP contribution is 2.49. The van der Waals surface area contributed by atoms with Crippen LogP contribution in [0.2, 0.25) is 5.02 Å². The summed E-state index contributed by atoms with van der Waals surface area (Å²) in [5.74, 6) is 0.0365. The number of aryl methyl sites for hydroxylation is 1. The number of benzene rings is 2. The monoisotopic (exact) mass is 285 g/mol. The van der Waals surface area contributed by atoms with E-state index in [1.165, 1.54) is 0 Å². The van der Waals surface area contributed by atoms with Crippen LogP contribution in [0.15, 0.2) is 48.5 Å². The number of amides is 1. The zero-order chi connectivity index (χ0) is 14.2. The standard InChI is InChI=1S/C17H16ClNO/c1-12-7-8-15(14(18)11-12)19-16(20)17(9-10-17)13-5-3-2-4-6-13/h2-8,11H,9-10H2,1H3,(H,19,20). The summed E-state index contributed by atoms with van der Waals surface area (Å²) >= 11 is 6.18. The van der Waals surface area contributed by atoms with Crippen molar-refractivity contribution in [3.8, 4) is 0 Å². The molecule has 2 aromatic rings. The number of carbonyl (C=O) groups is 1. The molecule has 3 heteroatoms. The van der Waals surface area contributed by atoms with Gasteiger partial charge in [-0.05, 0) is 43.0 Å². The molecule has 1 fully saturated rings. The van der Waals surface area contributed by atoms with Gasteiger partial charge in [-0.2, -0.15) is 0 Å². The van der Waals surface area contributed by atoms with Crippen LogP contribution in [-0.4, -0.2) is 5.91 Å². The molecule has 3 rings (SSSR count). The van der Waals surface area contributed by atoms with Crippen LogP contribution in [0.25, 0.3) is 0 Å². The Hall–Kier alpha value is -1.80. The van der Waals surface area contributed by atoms with Crippen LogP contribution in [0.5, 0.6) is 0 Å². The Labute approximate surface area is 123 Å². The van der Waals surface area contributed by atoms with Gasteiger partial charge in [0, 0.05) is 0 Å². The molecule has 0 radical (unpaired) electrons. The van der Waals surface area contributed by atoms with Crippen LogP contribution < -0.4 is 5.32 Å². The Morgan fingerprint density at radius 2 is 1.85 bits per heavy atom. The van der Waals surface area contributed by atoms with Gasteiger partial charge in [0.15, 0.2) is 0 Å². The highest BCUT2D eigenvalue weighted by Gasteiger charge is 2.51. The van der Waals surface area contributed by atoms with E-state index in [0.717, 1.165) is 24.0 Å². The first-order chi connectivity index (χ1) is 9.62. The molecule has 2 aromatic carbocycles. The van der Waals surface area contributed by atoms with Gasteiger partial charge in [-0.15, -0.1) is 0 Å². The van der Waals surface area contributed by atoms with Gasteiger partial charge in [0.05, 0.1) is 16.1 Å². The van der Waals surface area contributed by atoms with E-state index in [0.29, 0.717) is 10.7 Å². The second-order valence-corrected chi connectivity index (χ2v) is 5.79. The van der Waals surface area contributed by atoms with Gasteiger partial charge >= 0.3 is 0 Å². The van der Waals surface area contributed by atoms with Crippen LogP contribution >= 0.6 is 11.6 Å². The fourth-order valence-corrected chi connectivity index (χ4v) is 2.77. The summed E-state index contributed by atoms with van der Waals surface area (Å²) in [4.78, 5) is 12.6. The molecule has 102 valence electrons. The lowest BCUT2D eigenvalue weighted by molar-refractivity contribution is -0.118. The number of rotatable bonds is 3. The van der Waals surface area contributed by atoms with Gasteiger partial charge in [-0.25, -0.2) is 0 Å². The molecule has 0 aromatic heterocycles. The number of hydrogen-bond acceptors (Lipinski definition) is 1. The molecule has 1 saturated carbocycles. The lowest BCUT2D eigenvalue weighted by atomic mass is 9.95. The van der Waals surface area contributed by atoms with Gasteiger partial charge in [-0.3, -0.25) is 4.79 Å². The molecule has 0 saturated heterocycles. The molecular weight excluding hydrogens is 270 g/mol. The molecule has 1 aliphatic rings. The Balaban J connectivity index is 1.83. The minimum atomic E-state index is -0.366. The summed E-state index contributed by atoms with van der Waals surface area (Å²) < 4.78 is 0. The zero-order valence-corrected chi connectivity index (χ0v) is 12.1. The average Bonchev–Trinajstić information content (AvgIpc) is 3.24. The first-order valence-corrected chi connectivity index (χ1v) is 7.13. The van der Waals surface area contributed by atoms with Crippen LogP contribution in [0.3, 0.4) is 0 Å². The number of halogens is 1. The predicted octanol–water partition coefficient (Wildman–Crippen LogP) is 4.32. The van der Waals surface area contributed by atoms with Gasteiger partial charge in [0.25, 0.3) is 0 Å². The molecule has 1 aliphatic carbocycles. The van der Waals surface area contributed by atoms with Crippen molar-refractivity contribution in [2.24, 2.45) is 0 Å². The predicted molar refractivity (Wildman–Crippen MR) is 82.2 cm³/mol. The van der Waals surface area contributed by atoms with Crippen molar-refractivity contribution in [3.63, 3.8) is 0 Å². The van der Waals surface area contributed by atoms with Gasteiger partial charge in [0.2, 0.25) is 5.91 Å². The SMILES string of the molecule is Cc1ccc(NC(=O)C2(c3ccccc3)CC2)c(Cl)c1. The lowest BCUT2D eigenvalue weighted by Gasteiger charge is -2.16. The summed E-state index contributed by atoms with van der Waals surface area (Å²) in [5.41, 5.74) is 2.48. The molecule has 1 amide bonds. The molecule has 0 atom stereocenters. The summed E-state index contributed by atoms with van der Waals surface area (Å²) in [6.07, 6.45) is 1.79. The minimum Gasteiger partial charge on any atom is -0.324 e. The molecule has 2 nitrogen and oxygen atoms in total. The lowest BCUT2D eigenvalue weighted by Crippen LogP contribution is -2.27. The topological polar surface area (TPSA) is 29.1 Å². The number of anilines is 1. The van der Waals surface area contributed by atoms with E-state index in [1.54, 1.807) is 0 Å². The number of hydrogen-bond donors (Lipinski definition) is 1. The number of nitrogens with one attached hydrogen (secondary N) is 1. The van der Waals surface area contributed by atoms with E-state index >= 15 is 0 Å². The Morgan fingerprint density at radius 1 is 1.15 bits per heavy atom. The van der Waals surface area contributed by atoms with Gasteiger partial charge < -0.3 is 5.32 Å². The summed E-state index contributed by atoms with van der Waals surface area (Å²) in [7, 11) is 0. The van der Waals surface area contributed by atoms with Crippen molar-refractivity contribution in [1.29, 1.82) is 0 Å². The molecular formula is C17H16ClNO. The van der Waals surface area contributed by atoms with Crippen LogP contribution in [0, 0.1) is 6.92 Å². The van der Waals surface area contributed by atoms with Crippen LogP contribution in [0.1, 0.15) is 24.0 Å². The largest absolute Gasteiger partial charge is 0.324 e. The van der Waals surface area contributed by atoms with Crippen molar-refractivity contribution in [3.05, 3.63) is 64.7 Å². The first-order valence-electron chi connectivity index (χ1n) is 6.75. The van der Waals surface area contributed by atoms with Crippen molar-refractivity contribution < 1.29 is 4.79 Å². The van der Waals surface area contributed by atoms with E-state index in [1.807, 2.05) is 55.5 Å². The maximum absolute atomic E-state index is 12.6. The quantitative estimate of drug-likeness (QED) is 0.894. The third-order valence-electron chi connectivity index (χ3n) is 3.88. The Bertz CT molecular complexity index is 647. The third kappa shape index (κ3) is 2.32. The Morgan fingerprint density at radius 3 is 2.45 bits per heavy atom. The fourth-order valence-electron chi connectivity index (χ4n) is 2.49. The summed E-state index contributed by atoms with van der Waals surface area (Å²) in [6, 6.07) is 15.6. The maximum atomic E-state index is 12.6.